The smallest absolute Gasteiger partial charge is 0.305 e. The van der Waals surface area contributed by atoms with E-state index in [9.17, 15) is 4.79 Å². The maximum absolute atomic E-state index is 11.1. The monoisotopic (exact) mass is 356 g/mol. The Kier molecular flexibility index (Phi) is 26.8. The highest BCUT2D eigenvalue weighted by Gasteiger charge is 2.00. The van der Waals surface area contributed by atoms with Gasteiger partial charge in [-0.25, -0.2) is 0 Å². The Hall–Kier alpha value is -0.830. The third kappa shape index (κ3) is 28.3. The number of hydrogen-bond acceptors (Lipinski definition) is 3. The maximum Gasteiger partial charge on any atom is 0.305 e. The highest BCUT2D eigenvalue weighted by Crippen LogP contribution is 2.10. The normalized spacial score (nSPS) is 10.6. The molecule has 0 saturated heterocycles. The number of allylic oxidation sites excluding steroid dienone is 2. The molecular weight excluding hydrogens is 312 g/mol. The molecule has 0 aliphatic heterocycles. The van der Waals surface area contributed by atoms with Gasteiger partial charge >= 0.3 is 5.97 Å². The Balaban J connectivity index is 0. The van der Waals surface area contributed by atoms with Gasteiger partial charge < -0.3 is 9.84 Å². The van der Waals surface area contributed by atoms with Crippen LogP contribution in [0.1, 0.15) is 111 Å². The van der Waals surface area contributed by atoms with Gasteiger partial charge in [0, 0.05) is 13.0 Å². The van der Waals surface area contributed by atoms with Crippen molar-refractivity contribution in [3.8, 4) is 0 Å². The average Bonchev–Trinajstić information content (AvgIpc) is 2.59. The predicted octanol–water partition coefficient (Wildman–Crippen LogP) is 6.59. The van der Waals surface area contributed by atoms with Gasteiger partial charge in [0.2, 0.25) is 0 Å². The van der Waals surface area contributed by atoms with E-state index in [0.29, 0.717) is 13.0 Å². The van der Waals surface area contributed by atoms with E-state index in [2.05, 4.69) is 19.1 Å². The summed E-state index contributed by atoms with van der Waals surface area (Å²) in [4.78, 5) is 11.1. The first kappa shape index (κ1) is 26.4. The average molecular weight is 357 g/mol. The molecule has 0 bridgehead atoms. The molecule has 0 aliphatic rings. The molecule has 0 saturated carbocycles. The lowest BCUT2D eigenvalue weighted by molar-refractivity contribution is -0.143. The Labute approximate surface area is 157 Å². The fraction of sp³-hybridized carbons (Fsp3) is 0.864. The van der Waals surface area contributed by atoms with E-state index in [-0.39, 0.29) is 12.6 Å². The number of hydrogen-bond donors (Lipinski definition) is 1. The zero-order chi connectivity index (χ0) is 19.0. The molecule has 0 aromatic carbocycles. The molecule has 0 amide bonds. The van der Waals surface area contributed by atoms with E-state index in [1.165, 1.54) is 70.6 Å². The van der Waals surface area contributed by atoms with Gasteiger partial charge in [0.25, 0.3) is 0 Å². The minimum absolute atomic E-state index is 0.0415. The summed E-state index contributed by atoms with van der Waals surface area (Å²) in [6.07, 6.45) is 22.0. The highest BCUT2D eigenvalue weighted by molar-refractivity contribution is 5.69. The molecule has 0 rings (SSSR count). The van der Waals surface area contributed by atoms with Crippen molar-refractivity contribution in [1.29, 1.82) is 0 Å². The van der Waals surface area contributed by atoms with Gasteiger partial charge in [-0.1, -0.05) is 70.4 Å². The van der Waals surface area contributed by atoms with Gasteiger partial charge in [-0.2, -0.15) is 0 Å². The number of unbranched alkanes of at least 4 members (excludes halogenated alkanes) is 11. The third-order valence-corrected chi connectivity index (χ3v) is 3.95. The number of rotatable bonds is 16. The summed E-state index contributed by atoms with van der Waals surface area (Å²) in [6.45, 7) is 6.56. The van der Waals surface area contributed by atoms with Crippen molar-refractivity contribution in [3.05, 3.63) is 12.2 Å². The van der Waals surface area contributed by atoms with Crippen LogP contribution in [0.3, 0.4) is 0 Å². The lowest BCUT2D eigenvalue weighted by atomic mass is 10.1. The van der Waals surface area contributed by atoms with Crippen molar-refractivity contribution in [1.82, 2.24) is 0 Å². The molecular formula is C22H44O3. The van der Waals surface area contributed by atoms with Gasteiger partial charge in [0.1, 0.15) is 0 Å². The second-order valence-electron chi connectivity index (χ2n) is 6.46. The third-order valence-electron chi connectivity index (χ3n) is 3.95. The van der Waals surface area contributed by atoms with E-state index in [4.69, 9.17) is 9.84 Å². The first-order valence-corrected chi connectivity index (χ1v) is 10.6. The van der Waals surface area contributed by atoms with Crippen LogP contribution in [-0.4, -0.2) is 24.3 Å². The first-order chi connectivity index (χ1) is 12.2. The minimum Gasteiger partial charge on any atom is -0.466 e. The molecule has 150 valence electrons. The molecule has 0 spiro atoms. The molecule has 0 aliphatic carbocycles. The fourth-order valence-electron chi connectivity index (χ4n) is 2.57. The van der Waals surface area contributed by atoms with Crippen LogP contribution < -0.4 is 0 Å². The van der Waals surface area contributed by atoms with Crippen LogP contribution in [0.15, 0.2) is 12.2 Å². The van der Waals surface area contributed by atoms with Crippen LogP contribution in [0.5, 0.6) is 0 Å². The number of ether oxygens (including phenoxy) is 1. The van der Waals surface area contributed by atoms with Crippen molar-refractivity contribution >= 4 is 5.97 Å². The Morgan fingerprint density at radius 3 is 1.68 bits per heavy atom. The zero-order valence-corrected chi connectivity index (χ0v) is 17.2. The maximum atomic E-state index is 11.1. The molecule has 0 aromatic heterocycles. The van der Waals surface area contributed by atoms with E-state index in [0.717, 1.165) is 12.8 Å². The summed E-state index contributed by atoms with van der Waals surface area (Å²) in [5.74, 6) is -0.0415. The molecule has 25 heavy (non-hydrogen) atoms. The molecule has 1 N–H and O–H groups in total. The van der Waals surface area contributed by atoms with Gasteiger partial charge in [0.15, 0.2) is 0 Å². The summed E-state index contributed by atoms with van der Waals surface area (Å²) in [6, 6.07) is 0. The second kappa shape index (κ2) is 25.4. The number of carbonyl (C=O) groups is 1. The molecule has 0 aromatic rings. The number of aliphatic hydroxyl groups is 1. The van der Waals surface area contributed by atoms with Crippen molar-refractivity contribution in [3.63, 3.8) is 0 Å². The predicted molar refractivity (Wildman–Crippen MR) is 109 cm³/mol. The highest BCUT2D eigenvalue weighted by atomic mass is 16.5. The van der Waals surface area contributed by atoms with Crippen LogP contribution in [-0.2, 0) is 9.53 Å². The molecule has 0 unspecified atom stereocenters. The molecule has 0 atom stereocenters. The van der Waals surface area contributed by atoms with E-state index < -0.39 is 0 Å². The van der Waals surface area contributed by atoms with Crippen LogP contribution >= 0.6 is 0 Å². The topological polar surface area (TPSA) is 46.5 Å². The zero-order valence-electron chi connectivity index (χ0n) is 17.2. The Morgan fingerprint density at radius 2 is 1.20 bits per heavy atom. The van der Waals surface area contributed by atoms with E-state index in [1.807, 2.05) is 6.92 Å². The molecule has 0 radical (unpaired) electrons. The SMILES string of the molecule is CCCCCCCC/C=C\CCCCCCCC(=O)OCC.CCO. The summed E-state index contributed by atoms with van der Waals surface area (Å²) in [5, 5.41) is 7.57. The Bertz CT molecular complexity index is 274. The summed E-state index contributed by atoms with van der Waals surface area (Å²) < 4.78 is 4.91. The summed E-state index contributed by atoms with van der Waals surface area (Å²) >= 11 is 0. The van der Waals surface area contributed by atoms with Gasteiger partial charge in [-0.05, 0) is 46.0 Å². The van der Waals surface area contributed by atoms with Crippen LogP contribution in [0.25, 0.3) is 0 Å². The van der Waals surface area contributed by atoms with Crippen LogP contribution in [0.2, 0.25) is 0 Å². The van der Waals surface area contributed by atoms with E-state index >= 15 is 0 Å². The van der Waals surface area contributed by atoms with Crippen molar-refractivity contribution in [2.45, 2.75) is 111 Å². The van der Waals surface area contributed by atoms with Gasteiger partial charge in [0.05, 0.1) is 6.61 Å². The lowest BCUT2D eigenvalue weighted by Gasteiger charge is -2.01. The molecule has 3 nitrogen and oxygen atoms in total. The van der Waals surface area contributed by atoms with Crippen LogP contribution in [0, 0.1) is 0 Å². The van der Waals surface area contributed by atoms with Crippen molar-refractivity contribution in [2.75, 3.05) is 13.2 Å². The quantitative estimate of drug-likeness (QED) is 0.193. The van der Waals surface area contributed by atoms with Gasteiger partial charge in [-0.15, -0.1) is 0 Å². The fourth-order valence-corrected chi connectivity index (χ4v) is 2.57. The first-order valence-electron chi connectivity index (χ1n) is 10.6. The molecule has 0 heterocycles. The molecule has 0 fully saturated rings. The number of carbonyl (C=O) groups excluding carboxylic acids is 1. The van der Waals surface area contributed by atoms with Gasteiger partial charge in [-0.3, -0.25) is 4.79 Å². The summed E-state index contributed by atoms with van der Waals surface area (Å²) in [5.41, 5.74) is 0. The summed E-state index contributed by atoms with van der Waals surface area (Å²) in [7, 11) is 0. The lowest BCUT2D eigenvalue weighted by Crippen LogP contribution is -2.03. The number of aliphatic hydroxyl groups excluding tert-OH is 1. The standard InChI is InChI=1S/C20H38O2.C2H6O/c1-3-5-6-7-8-9-10-11-12-13-14-15-16-17-18-19-20(21)22-4-2;1-2-3/h11-12H,3-10,13-19H2,1-2H3;3H,2H2,1H3/b12-11-;. The minimum atomic E-state index is -0.0415. The molecule has 3 heteroatoms. The number of esters is 1. The largest absolute Gasteiger partial charge is 0.466 e. The van der Waals surface area contributed by atoms with Crippen molar-refractivity contribution < 1.29 is 14.6 Å². The Morgan fingerprint density at radius 1 is 0.760 bits per heavy atom. The van der Waals surface area contributed by atoms with E-state index in [1.54, 1.807) is 6.92 Å². The van der Waals surface area contributed by atoms with Crippen LogP contribution in [0.4, 0.5) is 0 Å². The second-order valence-corrected chi connectivity index (χ2v) is 6.46. The van der Waals surface area contributed by atoms with Crippen molar-refractivity contribution in [2.24, 2.45) is 0 Å².